The third-order valence-corrected chi connectivity index (χ3v) is 4.21. The van der Waals surface area contributed by atoms with Gasteiger partial charge < -0.3 is 9.80 Å². The minimum absolute atomic E-state index is 0.238. The van der Waals surface area contributed by atoms with Gasteiger partial charge in [-0.15, -0.1) is 0 Å². The molecule has 112 valence electrons. The first-order valence-electron chi connectivity index (χ1n) is 7.34. The average molecular weight is 317 g/mol. The summed E-state index contributed by atoms with van der Waals surface area (Å²) in [5.74, 6) is 0.925. The van der Waals surface area contributed by atoms with Gasteiger partial charge in [0.2, 0.25) is 5.28 Å². The number of aromatic nitrogens is 2. The van der Waals surface area contributed by atoms with Crippen molar-refractivity contribution in [3.05, 3.63) is 16.0 Å². The highest BCUT2D eigenvalue weighted by atomic mass is 35.5. The second kappa shape index (κ2) is 7.43. The molecule has 0 amide bonds. The highest BCUT2D eigenvalue weighted by Crippen LogP contribution is 2.31. The van der Waals surface area contributed by atoms with E-state index in [9.17, 15) is 0 Å². The summed E-state index contributed by atoms with van der Waals surface area (Å²) in [6, 6.07) is 0. The maximum Gasteiger partial charge on any atom is 0.225 e. The lowest BCUT2D eigenvalue weighted by Crippen LogP contribution is -2.30. The topological polar surface area (TPSA) is 32.3 Å². The Balaban J connectivity index is 1.91. The summed E-state index contributed by atoms with van der Waals surface area (Å²) < 4.78 is 0. The van der Waals surface area contributed by atoms with Crippen LogP contribution in [0.4, 0.5) is 5.82 Å². The van der Waals surface area contributed by atoms with Crippen LogP contribution in [0.1, 0.15) is 32.3 Å². The zero-order valence-electron chi connectivity index (χ0n) is 12.2. The Hall–Kier alpha value is -0.580. The maximum absolute atomic E-state index is 6.12. The van der Waals surface area contributed by atoms with Crippen LogP contribution in [0.25, 0.3) is 0 Å². The number of hydrogen-bond acceptors (Lipinski definition) is 4. The second-order valence-electron chi connectivity index (χ2n) is 5.11. The molecule has 4 nitrogen and oxygen atoms in total. The molecular weight excluding hydrogens is 295 g/mol. The Morgan fingerprint density at radius 1 is 1.20 bits per heavy atom. The highest BCUT2D eigenvalue weighted by Gasteiger charge is 2.24. The zero-order valence-corrected chi connectivity index (χ0v) is 13.7. The van der Waals surface area contributed by atoms with Gasteiger partial charge in [-0.25, -0.2) is 9.97 Å². The SMILES string of the molecule is CCCN(CC)CCCN1CCc2c(Cl)nc(Cl)nc21. The van der Waals surface area contributed by atoms with Crippen LogP contribution in [-0.2, 0) is 6.42 Å². The van der Waals surface area contributed by atoms with Crippen molar-refractivity contribution >= 4 is 29.0 Å². The van der Waals surface area contributed by atoms with E-state index >= 15 is 0 Å². The van der Waals surface area contributed by atoms with Gasteiger partial charge in [0, 0.05) is 18.7 Å². The van der Waals surface area contributed by atoms with Crippen molar-refractivity contribution in [2.75, 3.05) is 37.6 Å². The summed E-state index contributed by atoms with van der Waals surface area (Å²) in [6.45, 7) is 9.81. The van der Waals surface area contributed by atoms with Crippen LogP contribution in [0.2, 0.25) is 10.4 Å². The normalized spacial score (nSPS) is 14.2. The van der Waals surface area contributed by atoms with E-state index in [0.717, 1.165) is 50.4 Å². The molecule has 0 aromatic carbocycles. The van der Waals surface area contributed by atoms with E-state index in [1.165, 1.54) is 13.0 Å². The van der Waals surface area contributed by atoms with Gasteiger partial charge >= 0.3 is 0 Å². The lowest BCUT2D eigenvalue weighted by Gasteiger charge is -2.23. The molecule has 0 saturated heterocycles. The highest BCUT2D eigenvalue weighted by molar-refractivity contribution is 6.32. The fraction of sp³-hybridized carbons (Fsp3) is 0.714. The summed E-state index contributed by atoms with van der Waals surface area (Å²) in [4.78, 5) is 13.1. The Morgan fingerprint density at radius 2 is 2.00 bits per heavy atom. The van der Waals surface area contributed by atoms with Crippen LogP contribution in [0, 0.1) is 0 Å². The first kappa shape index (κ1) is 15.8. The molecule has 0 bridgehead atoms. The molecule has 1 aliphatic rings. The summed E-state index contributed by atoms with van der Waals surface area (Å²) in [5.41, 5.74) is 1.04. The predicted molar refractivity (Wildman–Crippen MR) is 85.0 cm³/mol. The standard InChI is InChI=1S/C14H22Cl2N4/c1-3-7-19(4-2)8-5-9-20-10-6-11-12(15)17-14(16)18-13(11)20/h3-10H2,1-2H3. The molecule has 0 fully saturated rings. The molecular formula is C14H22Cl2N4. The number of anilines is 1. The molecule has 1 aromatic heterocycles. The fourth-order valence-corrected chi connectivity index (χ4v) is 3.16. The summed E-state index contributed by atoms with van der Waals surface area (Å²) >= 11 is 12.0. The van der Waals surface area contributed by atoms with Gasteiger partial charge in [-0.05, 0) is 50.5 Å². The number of hydrogen-bond donors (Lipinski definition) is 0. The predicted octanol–water partition coefficient (Wildman–Crippen LogP) is 3.27. The van der Waals surface area contributed by atoms with Gasteiger partial charge in [-0.2, -0.15) is 0 Å². The average Bonchev–Trinajstić information content (AvgIpc) is 2.81. The lowest BCUT2D eigenvalue weighted by molar-refractivity contribution is 0.286. The van der Waals surface area contributed by atoms with Gasteiger partial charge in [-0.1, -0.05) is 25.4 Å². The number of fused-ring (bicyclic) bond motifs is 1. The van der Waals surface area contributed by atoms with Gasteiger partial charge in [0.15, 0.2) is 0 Å². The quantitative estimate of drug-likeness (QED) is 0.571. The smallest absolute Gasteiger partial charge is 0.225 e. The largest absolute Gasteiger partial charge is 0.356 e. The second-order valence-corrected chi connectivity index (χ2v) is 5.81. The van der Waals surface area contributed by atoms with Gasteiger partial charge in [0.1, 0.15) is 11.0 Å². The molecule has 2 rings (SSSR count). The van der Waals surface area contributed by atoms with Crippen molar-refractivity contribution in [3.63, 3.8) is 0 Å². The number of halogens is 2. The first-order valence-corrected chi connectivity index (χ1v) is 8.10. The minimum atomic E-state index is 0.238. The van der Waals surface area contributed by atoms with Crippen molar-refractivity contribution in [1.82, 2.24) is 14.9 Å². The molecule has 20 heavy (non-hydrogen) atoms. The molecule has 0 atom stereocenters. The number of nitrogens with zero attached hydrogens (tertiary/aromatic N) is 4. The number of rotatable bonds is 7. The Kier molecular flexibility index (Phi) is 5.87. The Labute approximate surface area is 131 Å². The van der Waals surface area contributed by atoms with Crippen LogP contribution in [0.5, 0.6) is 0 Å². The summed E-state index contributed by atoms with van der Waals surface area (Å²) in [5, 5.41) is 0.741. The van der Waals surface area contributed by atoms with Crippen molar-refractivity contribution in [1.29, 1.82) is 0 Å². The van der Waals surface area contributed by atoms with E-state index in [2.05, 4.69) is 33.6 Å². The Morgan fingerprint density at radius 3 is 2.70 bits per heavy atom. The van der Waals surface area contributed by atoms with E-state index in [0.29, 0.717) is 5.15 Å². The molecule has 0 radical (unpaired) electrons. The maximum atomic E-state index is 6.12. The van der Waals surface area contributed by atoms with Crippen molar-refractivity contribution in [2.45, 2.75) is 33.1 Å². The van der Waals surface area contributed by atoms with Gasteiger partial charge in [0.05, 0.1) is 0 Å². The Bertz CT molecular complexity index is 453. The van der Waals surface area contributed by atoms with Crippen LogP contribution < -0.4 is 4.90 Å². The molecule has 0 unspecified atom stereocenters. The lowest BCUT2D eigenvalue weighted by atomic mass is 10.3. The molecule has 0 N–H and O–H groups in total. The zero-order chi connectivity index (χ0) is 14.5. The monoisotopic (exact) mass is 316 g/mol. The molecule has 0 aliphatic carbocycles. The van der Waals surface area contributed by atoms with Crippen LogP contribution >= 0.6 is 23.2 Å². The molecule has 0 saturated carbocycles. The van der Waals surface area contributed by atoms with Crippen molar-refractivity contribution in [2.24, 2.45) is 0 Å². The third kappa shape index (κ3) is 3.74. The minimum Gasteiger partial charge on any atom is -0.356 e. The van der Waals surface area contributed by atoms with Gasteiger partial charge in [-0.3, -0.25) is 0 Å². The molecule has 6 heteroatoms. The van der Waals surface area contributed by atoms with Crippen LogP contribution in [-0.4, -0.2) is 47.6 Å². The molecule has 0 spiro atoms. The first-order chi connectivity index (χ1) is 9.65. The molecule has 1 aliphatic heterocycles. The summed E-state index contributed by atoms with van der Waals surface area (Å²) in [7, 11) is 0. The van der Waals surface area contributed by atoms with E-state index in [-0.39, 0.29) is 5.28 Å². The van der Waals surface area contributed by atoms with Gasteiger partial charge in [0.25, 0.3) is 0 Å². The molecule has 1 aromatic rings. The van der Waals surface area contributed by atoms with Crippen LogP contribution in [0.15, 0.2) is 0 Å². The van der Waals surface area contributed by atoms with E-state index in [1.54, 1.807) is 0 Å². The van der Waals surface area contributed by atoms with Crippen molar-refractivity contribution in [3.8, 4) is 0 Å². The molecule has 2 heterocycles. The van der Waals surface area contributed by atoms with E-state index < -0.39 is 0 Å². The summed E-state index contributed by atoms with van der Waals surface area (Å²) in [6.07, 6.45) is 3.25. The third-order valence-electron chi connectivity index (χ3n) is 3.73. The fourth-order valence-electron chi connectivity index (χ4n) is 2.70. The van der Waals surface area contributed by atoms with E-state index in [1.807, 2.05) is 0 Å². The van der Waals surface area contributed by atoms with Crippen molar-refractivity contribution < 1.29 is 0 Å². The van der Waals surface area contributed by atoms with E-state index in [4.69, 9.17) is 23.2 Å². The van der Waals surface area contributed by atoms with Crippen LogP contribution in [0.3, 0.4) is 0 Å².